The average Bonchev–Trinajstić information content (AvgIpc) is 2.82. The molecule has 1 atom stereocenters. The molecule has 0 aliphatic heterocycles. The number of aromatic amines is 1. The van der Waals surface area contributed by atoms with Crippen LogP contribution in [-0.4, -0.2) is 31.6 Å². The molecule has 18 heavy (non-hydrogen) atoms. The van der Waals surface area contributed by atoms with Crippen LogP contribution >= 0.6 is 0 Å². The molecule has 94 valence electrons. The van der Waals surface area contributed by atoms with Crippen molar-refractivity contribution in [3.05, 3.63) is 29.6 Å². The van der Waals surface area contributed by atoms with Crippen LogP contribution < -0.4 is 10.6 Å². The third kappa shape index (κ3) is 3.00. The van der Waals surface area contributed by atoms with Crippen molar-refractivity contribution in [2.75, 3.05) is 5.32 Å². The summed E-state index contributed by atoms with van der Waals surface area (Å²) in [6.45, 7) is 3.77. The first-order chi connectivity index (χ1) is 8.65. The Morgan fingerprint density at radius 3 is 2.89 bits per heavy atom. The number of H-pyrrole nitrogens is 1. The van der Waals surface area contributed by atoms with Gasteiger partial charge < -0.3 is 5.32 Å². The molecule has 8 nitrogen and oxygen atoms in total. The molecular weight excluding hydrogens is 234 g/mol. The Morgan fingerprint density at radius 1 is 1.44 bits per heavy atom. The minimum absolute atomic E-state index is 0.127. The second-order valence-electron chi connectivity index (χ2n) is 3.79. The molecule has 3 N–H and O–H groups in total. The Labute approximate surface area is 103 Å². The quantitative estimate of drug-likeness (QED) is 0.742. The Morgan fingerprint density at radius 2 is 2.28 bits per heavy atom. The van der Waals surface area contributed by atoms with E-state index < -0.39 is 6.03 Å². The van der Waals surface area contributed by atoms with Crippen LogP contribution in [0.4, 0.5) is 10.7 Å². The highest BCUT2D eigenvalue weighted by molar-refractivity contribution is 5.87. The standard InChI is InChI=1S/C10H13N7O/c1-6-3-4-8(5-11-6)7(2)12-10(18)13-9-14-16-17-15-9/h3-5,7H,1-2H3,(H3,12,13,14,15,16,17,18). The largest absolute Gasteiger partial charge is 0.331 e. The summed E-state index contributed by atoms with van der Waals surface area (Å²) in [5, 5.41) is 18.0. The van der Waals surface area contributed by atoms with Crippen molar-refractivity contribution < 1.29 is 4.79 Å². The molecular formula is C10H13N7O. The number of urea groups is 1. The molecule has 2 aromatic rings. The number of hydrogen-bond acceptors (Lipinski definition) is 5. The van der Waals surface area contributed by atoms with E-state index in [9.17, 15) is 4.79 Å². The van der Waals surface area contributed by atoms with Gasteiger partial charge in [-0.15, -0.1) is 5.10 Å². The van der Waals surface area contributed by atoms with E-state index in [1.807, 2.05) is 26.0 Å². The molecule has 8 heteroatoms. The van der Waals surface area contributed by atoms with Crippen molar-refractivity contribution in [1.82, 2.24) is 30.9 Å². The lowest BCUT2D eigenvalue weighted by Gasteiger charge is -2.13. The smallest absolute Gasteiger partial charge is 0.322 e. The van der Waals surface area contributed by atoms with Gasteiger partial charge in [0.15, 0.2) is 0 Å². The summed E-state index contributed by atoms with van der Waals surface area (Å²) >= 11 is 0. The van der Waals surface area contributed by atoms with Gasteiger partial charge in [0.25, 0.3) is 5.95 Å². The highest BCUT2D eigenvalue weighted by Crippen LogP contribution is 2.11. The van der Waals surface area contributed by atoms with Crippen molar-refractivity contribution >= 4 is 12.0 Å². The van der Waals surface area contributed by atoms with Crippen molar-refractivity contribution in [3.8, 4) is 0 Å². The lowest BCUT2D eigenvalue weighted by atomic mass is 10.1. The number of nitrogens with zero attached hydrogens (tertiary/aromatic N) is 4. The van der Waals surface area contributed by atoms with E-state index in [-0.39, 0.29) is 12.0 Å². The summed E-state index contributed by atoms with van der Waals surface area (Å²) in [5.74, 6) is 0.127. The topological polar surface area (TPSA) is 108 Å². The predicted molar refractivity (Wildman–Crippen MR) is 63.7 cm³/mol. The summed E-state index contributed by atoms with van der Waals surface area (Å²) in [6.07, 6.45) is 1.73. The lowest BCUT2D eigenvalue weighted by Crippen LogP contribution is -2.31. The fourth-order valence-electron chi connectivity index (χ4n) is 1.37. The zero-order valence-corrected chi connectivity index (χ0v) is 10.0. The third-order valence-corrected chi connectivity index (χ3v) is 2.35. The second-order valence-corrected chi connectivity index (χ2v) is 3.79. The van der Waals surface area contributed by atoms with Crippen LogP contribution in [0, 0.1) is 6.92 Å². The van der Waals surface area contributed by atoms with Crippen LogP contribution in [0.2, 0.25) is 0 Å². The minimum Gasteiger partial charge on any atom is -0.331 e. The van der Waals surface area contributed by atoms with E-state index in [4.69, 9.17) is 0 Å². The minimum atomic E-state index is -0.399. The highest BCUT2D eigenvalue weighted by Gasteiger charge is 2.11. The van der Waals surface area contributed by atoms with E-state index in [0.29, 0.717) is 0 Å². The summed E-state index contributed by atoms with van der Waals surface area (Å²) < 4.78 is 0. The van der Waals surface area contributed by atoms with Gasteiger partial charge in [-0.25, -0.2) is 4.79 Å². The number of nitrogens with one attached hydrogen (secondary N) is 3. The van der Waals surface area contributed by atoms with Crippen molar-refractivity contribution in [1.29, 1.82) is 0 Å². The fourth-order valence-corrected chi connectivity index (χ4v) is 1.37. The summed E-state index contributed by atoms with van der Waals surface area (Å²) in [7, 11) is 0. The number of aromatic nitrogens is 5. The summed E-state index contributed by atoms with van der Waals surface area (Å²) in [6, 6.07) is 3.25. The predicted octanol–water partition coefficient (Wildman–Crippen LogP) is 0.786. The Hall–Kier alpha value is -2.51. The number of carbonyl (C=O) groups excluding carboxylic acids is 1. The molecule has 2 aromatic heterocycles. The van der Waals surface area contributed by atoms with Crippen LogP contribution in [-0.2, 0) is 0 Å². The summed E-state index contributed by atoms with van der Waals surface area (Å²) in [5.41, 5.74) is 1.85. The third-order valence-electron chi connectivity index (χ3n) is 2.35. The van der Waals surface area contributed by atoms with Gasteiger partial charge in [0, 0.05) is 11.9 Å². The molecule has 0 aliphatic carbocycles. The van der Waals surface area contributed by atoms with Crippen LogP contribution in [0.5, 0.6) is 0 Å². The molecule has 0 aromatic carbocycles. The lowest BCUT2D eigenvalue weighted by molar-refractivity contribution is 0.249. The Kier molecular flexibility index (Phi) is 3.46. The highest BCUT2D eigenvalue weighted by atomic mass is 16.2. The van der Waals surface area contributed by atoms with E-state index in [1.165, 1.54) is 0 Å². The molecule has 0 saturated heterocycles. The maximum Gasteiger partial charge on any atom is 0.322 e. The summed E-state index contributed by atoms with van der Waals surface area (Å²) in [4.78, 5) is 15.8. The van der Waals surface area contributed by atoms with E-state index >= 15 is 0 Å². The maximum atomic E-state index is 11.6. The van der Waals surface area contributed by atoms with Crippen LogP contribution in [0.15, 0.2) is 18.3 Å². The molecule has 0 fully saturated rings. The number of amides is 2. The molecule has 2 rings (SSSR count). The first kappa shape index (κ1) is 12.0. The Bertz CT molecular complexity index is 508. The number of anilines is 1. The number of hydrogen-bond donors (Lipinski definition) is 3. The zero-order valence-electron chi connectivity index (χ0n) is 10.0. The number of tetrazole rings is 1. The zero-order chi connectivity index (χ0) is 13.0. The molecule has 0 saturated carbocycles. The first-order valence-electron chi connectivity index (χ1n) is 5.38. The van der Waals surface area contributed by atoms with Gasteiger partial charge in [0.2, 0.25) is 0 Å². The van der Waals surface area contributed by atoms with Crippen molar-refractivity contribution in [2.24, 2.45) is 0 Å². The fraction of sp³-hybridized carbons (Fsp3) is 0.300. The van der Waals surface area contributed by atoms with Gasteiger partial charge in [-0.2, -0.15) is 5.21 Å². The number of pyridine rings is 1. The van der Waals surface area contributed by atoms with E-state index in [0.717, 1.165) is 11.3 Å². The SMILES string of the molecule is Cc1ccc(C(C)NC(=O)Nc2nn[nH]n2)cn1. The van der Waals surface area contributed by atoms with Gasteiger partial charge in [0.1, 0.15) is 0 Å². The first-order valence-corrected chi connectivity index (χ1v) is 5.38. The number of rotatable bonds is 3. The van der Waals surface area contributed by atoms with Gasteiger partial charge >= 0.3 is 6.03 Å². The molecule has 0 aliphatic rings. The van der Waals surface area contributed by atoms with Gasteiger partial charge in [-0.3, -0.25) is 10.3 Å². The molecule has 0 bridgehead atoms. The van der Waals surface area contributed by atoms with Gasteiger partial charge in [-0.05, 0) is 30.7 Å². The van der Waals surface area contributed by atoms with Crippen molar-refractivity contribution in [3.63, 3.8) is 0 Å². The van der Waals surface area contributed by atoms with Crippen LogP contribution in [0.3, 0.4) is 0 Å². The van der Waals surface area contributed by atoms with Crippen molar-refractivity contribution in [2.45, 2.75) is 19.9 Å². The van der Waals surface area contributed by atoms with Gasteiger partial charge in [0.05, 0.1) is 6.04 Å². The monoisotopic (exact) mass is 247 g/mol. The van der Waals surface area contributed by atoms with Crippen LogP contribution in [0.25, 0.3) is 0 Å². The van der Waals surface area contributed by atoms with E-state index in [2.05, 4.69) is 36.2 Å². The molecule has 0 radical (unpaired) electrons. The normalized spacial score (nSPS) is 11.9. The maximum absolute atomic E-state index is 11.6. The average molecular weight is 247 g/mol. The molecule has 2 heterocycles. The Balaban J connectivity index is 1.92. The van der Waals surface area contributed by atoms with Crippen LogP contribution in [0.1, 0.15) is 24.2 Å². The molecule has 1 unspecified atom stereocenters. The number of aryl methyl sites for hydroxylation is 1. The number of carbonyl (C=O) groups is 1. The second kappa shape index (κ2) is 5.21. The molecule has 2 amide bonds. The molecule has 0 spiro atoms. The van der Waals surface area contributed by atoms with Gasteiger partial charge in [-0.1, -0.05) is 11.2 Å². The van der Waals surface area contributed by atoms with E-state index in [1.54, 1.807) is 6.20 Å².